The van der Waals surface area contributed by atoms with Crippen molar-refractivity contribution in [3.8, 4) is 0 Å². The zero-order chi connectivity index (χ0) is 19.8. The molecule has 4 rings (SSSR count). The third-order valence-corrected chi connectivity index (χ3v) is 4.70. The summed E-state index contributed by atoms with van der Waals surface area (Å²) in [4.78, 5) is 30.9. The number of aliphatic hydroxyl groups is 1. The van der Waals surface area contributed by atoms with E-state index in [0.717, 1.165) is 0 Å². The molecule has 3 heterocycles. The minimum absolute atomic E-state index is 0.0424. The van der Waals surface area contributed by atoms with E-state index in [-0.39, 0.29) is 17.2 Å². The average molecular weight is 396 g/mol. The molecular formula is C20H14ClN3O4. The fraction of sp³-hybridized carbons (Fsp3) is 0.100. The molecule has 0 bridgehead atoms. The van der Waals surface area contributed by atoms with Crippen molar-refractivity contribution < 1.29 is 19.2 Å². The monoisotopic (exact) mass is 395 g/mol. The van der Waals surface area contributed by atoms with Crippen LogP contribution in [-0.2, 0) is 9.59 Å². The van der Waals surface area contributed by atoms with Crippen molar-refractivity contribution in [1.82, 2.24) is 10.1 Å². The molecule has 0 saturated carbocycles. The molecule has 1 atom stereocenters. The molecule has 2 aromatic heterocycles. The van der Waals surface area contributed by atoms with Gasteiger partial charge in [0, 0.05) is 29.0 Å². The molecule has 1 aromatic carbocycles. The van der Waals surface area contributed by atoms with Gasteiger partial charge in [0.25, 0.3) is 5.78 Å². The van der Waals surface area contributed by atoms with Gasteiger partial charge in [0.2, 0.25) is 0 Å². The number of aliphatic hydroxyl groups excluding tert-OH is 1. The van der Waals surface area contributed by atoms with Gasteiger partial charge in [0.15, 0.2) is 5.82 Å². The Morgan fingerprint density at radius 2 is 1.82 bits per heavy atom. The van der Waals surface area contributed by atoms with Crippen LogP contribution in [0.5, 0.6) is 0 Å². The highest BCUT2D eigenvalue weighted by molar-refractivity contribution is 6.51. The Hall–Kier alpha value is -3.45. The van der Waals surface area contributed by atoms with Gasteiger partial charge in [-0.25, -0.2) is 0 Å². The molecule has 3 aromatic rings. The topological polar surface area (TPSA) is 96.5 Å². The van der Waals surface area contributed by atoms with Gasteiger partial charge < -0.3 is 9.63 Å². The summed E-state index contributed by atoms with van der Waals surface area (Å²) in [7, 11) is 0. The molecule has 1 aliphatic rings. The fourth-order valence-corrected chi connectivity index (χ4v) is 3.29. The molecule has 1 N–H and O–H groups in total. The first-order chi connectivity index (χ1) is 13.5. The Morgan fingerprint density at radius 3 is 2.43 bits per heavy atom. The van der Waals surface area contributed by atoms with Crippen molar-refractivity contribution in [2.75, 3.05) is 4.90 Å². The third-order valence-electron chi connectivity index (χ3n) is 4.45. The van der Waals surface area contributed by atoms with E-state index < -0.39 is 17.7 Å². The van der Waals surface area contributed by atoms with Crippen molar-refractivity contribution in [2.45, 2.75) is 13.0 Å². The van der Waals surface area contributed by atoms with E-state index in [4.69, 9.17) is 16.1 Å². The van der Waals surface area contributed by atoms with Crippen LogP contribution in [0.4, 0.5) is 5.82 Å². The van der Waals surface area contributed by atoms with Gasteiger partial charge in [-0.1, -0.05) is 16.8 Å². The minimum atomic E-state index is -0.872. The predicted octanol–water partition coefficient (Wildman–Crippen LogP) is 3.66. The number of ketones is 1. The first kappa shape index (κ1) is 17.9. The number of anilines is 1. The number of nitrogens with zero attached hydrogens (tertiary/aromatic N) is 3. The Kier molecular flexibility index (Phi) is 4.44. The summed E-state index contributed by atoms with van der Waals surface area (Å²) in [6.45, 7) is 1.68. The first-order valence-corrected chi connectivity index (χ1v) is 8.75. The standard InChI is InChI=1S/C20H14ClN3O4/c1-11-10-15(23-28-11)24-17(12-6-8-22-9-7-12)16(19(26)20(24)27)18(25)13-2-4-14(21)5-3-13/h2-10,17,25H,1H3/b18-16+/t17-/m1/s1. The maximum Gasteiger partial charge on any atom is 0.301 e. The van der Waals surface area contributed by atoms with E-state index in [1.165, 1.54) is 4.90 Å². The smallest absolute Gasteiger partial charge is 0.301 e. The van der Waals surface area contributed by atoms with Crippen molar-refractivity contribution in [3.63, 3.8) is 0 Å². The predicted molar refractivity (Wildman–Crippen MR) is 102 cm³/mol. The first-order valence-electron chi connectivity index (χ1n) is 8.37. The SMILES string of the molecule is Cc1cc(N2C(=O)C(=O)/C(=C(/O)c3ccc(Cl)cc3)[C@H]2c2ccncc2)no1. The number of halogens is 1. The number of benzene rings is 1. The maximum atomic E-state index is 12.9. The molecule has 1 amide bonds. The number of pyridine rings is 1. The largest absolute Gasteiger partial charge is 0.507 e. The second kappa shape index (κ2) is 6.94. The van der Waals surface area contributed by atoms with Crippen LogP contribution in [0.25, 0.3) is 5.76 Å². The number of Topliss-reactive ketones (excluding diaryl/α,β-unsaturated/α-hetero) is 1. The Balaban J connectivity index is 1.93. The highest BCUT2D eigenvalue weighted by Crippen LogP contribution is 2.41. The van der Waals surface area contributed by atoms with Gasteiger partial charge in [-0.05, 0) is 48.9 Å². The lowest BCUT2D eigenvalue weighted by Gasteiger charge is -2.22. The maximum absolute atomic E-state index is 12.9. The summed E-state index contributed by atoms with van der Waals surface area (Å²) in [6, 6.07) is 10.4. The van der Waals surface area contributed by atoms with Crippen LogP contribution in [0.3, 0.4) is 0 Å². The minimum Gasteiger partial charge on any atom is -0.507 e. The van der Waals surface area contributed by atoms with Gasteiger partial charge in [0.1, 0.15) is 11.5 Å². The van der Waals surface area contributed by atoms with Crippen LogP contribution in [0.15, 0.2) is 65.0 Å². The highest BCUT2D eigenvalue weighted by atomic mass is 35.5. The normalized spacial score (nSPS) is 18.6. The van der Waals surface area contributed by atoms with Gasteiger partial charge in [-0.15, -0.1) is 0 Å². The third kappa shape index (κ3) is 2.95. The van der Waals surface area contributed by atoms with E-state index in [9.17, 15) is 14.7 Å². The quantitative estimate of drug-likeness (QED) is 0.413. The summed E-state index contributed by atoms with van der Waals surface area (Å²) < 4.78 is 5.08. The van der Waals surface area contributed by atoms with Gasteiger partial charge in [-0.2, -0.15) is 0 Å². The highest BCUT2D eigenvalue weighted by Gasteiger charge is 2.48. The molecule has 1 aliphatic heterocycles. The molecule has 0 radical (unpaired) electrons. The number of carbonyl (C=O) groups is 2. The van der Waals surface area contributed by atoms with E-state index in [2.05, 4.69) is 10.1 Å². The molecule has 0 aliphatic carbocycles. The van der Waals surface area contributed by atoms with E-state index in [1.54, 1.807) is 61.8 Å². The second-order valence-electron chi connectivity index (χ2n) is 6.25. The van der Waals surface area contributed by atoms with Crippen LogP contribution in [0.2, 0.25) is 5.02 Å². The lowest BCUT2D eigenvalue weighted by atomic mass is 9.96. The Labute approximate surface area is 164 Å². The number of hydrogen-bond acceptors (Lipinski definition) is 6. The lowest BCUT2D eigenvalue weighted by molar-refractivity contribution is -0.132. The van der Waals surface area contributed by atoms with Gasteiger partial charge in [-0.3, -0.25) is 19.5 Å². The molecule has 140 valence electrons. The zero-order valence-corrected chi connectivity index (χ0v) is 15.4. The van der Waals surface area contributed by atoms with Crippen LogP contribution in [0.1, 0.15) is 22.9 Å². The Bertz CT molecular complexity index is 1090. The zero-order valence-electron chi connectivity index (χ0n) is 14.7. The fourth-order valence-electron chi connectivity index (χ4n) is 3.16. The van der Waals surface area contributed by atoms with Crippen molar-refractivity contribution in [3.05, 3.63) is 82.3 Å². The number of amides is 1. The number of aryl methyl sites for hydroxylation is 1. The van der Waals surface area contributed by atoms with Crippen LogP contribution < -0.4 is 4.90 Å². The van der Waals surface area contributed by atoms with Crippen LogP contribution in [0, 0.1) is 6.92 Å². The van der Waals surface area contributed by atoms with Crippen molar-refractivity contribution >= 4 is 34.9 Å². The van der Waals surface area contributed by atoms with E-state index in [1.807, 2.05) is 0 Å². The lowest BCUT2D eigenvalue weighted by Crippen LogP contribution is -2.29. The molecule has 8 heteroatoms. The van der Waals surface area contributed by atoms with Gasteiger partial charge >= 0.3 is 5.91 Å². The van der Waals surface area contributed by atoms with Gasteiger partial charge in [0.05, 0.1) is 11.6 Å². The molecule has 7 nitrogen and oxygen atoms in total. The average Bonchev–Trinajstić information content (AvgIpc) is 3.24. The summed E-state index contributed by atoms with van der Waals surface area (Å²) in [5.41, 5.74) is 0.933. The summed E-state index contributed by atoms with van der Waals surface area (Å²) in [6.07, 6.45) is 3.09. The van der Waals surface area contributed by atoms with E-state index in [0.29, 0.717) is 21.9 Å². The van der Waals surface area contributed by atoms with E-state index >= 15 is 0 Å². The number of hydrogen-bond donors (Lipinski definition) is 1. The molecule has 1 fully saturated rings. The van der Waals surface area contributed by atoms with Crippen molar-refractivity contribution in [2.24, 2.45) is 0 Å². The summed E-state index contributed by atoms with van der Waals surface area (Å²) in [5.74, 6) is -1.22. The Morgan fingerprint density at radius 1 is 1.14 bits per heavy atom. The van der Waals surface area contributed by atoms with Crippen molar-refractivity contribution in [1.29, 1.82) is 0 Å². The molecule has 0 spiro atoms. The second-order valence-corrected chi connectivity index (χ2v) is 6.69. The number of carbonyl (C=O) groups excluding carboxylic acids is 2. The molecule has 0 unspecified atom stereocenters. The molecular weight excluding hydrogens is 382 g/mol. The molecule has 28 heavy (non-hydrogen) atoms. The number of rotatable bonds is 3. The van der Waals surface area contributed by atoms with Crippen LogP contribution >= 0.6 is 11.6 Å². The summed E-state index contributed by atoms with van der Waals surface area (Å²) >= 11 is 5.91. The summed E-state index contributed by atoms with van der Waals surface area (Å²) in [5, 5.41) is 15.2. The molecule has 1 saturated heterocycles. The van der Waals surface area contributed by atoms with Crippen LogP contribution in [-0.4, -0.2) is 26.9 Å². The number of aromatic nitrogens is 2.